The molecule has 32 heavy (non-hydrogen) atoms. The molecule has 3 aromatic carbocycles. The van der Waals surface area contributed by atoms with Crippen molar-refractivity contribution in [3.63, 3.8) is 0 Å². The molecule has 9 heteroatoms. The van der Waals surface area contributed by atoms with E-state index in [-0.39, 0.29) is 16.3 Å². The number of carbonyl (C=O) groups excluding carboxylic acids is 1. The number of methoxy groups -OCH3 is 1. The van der Waals surface area contributed by atoms with Crippen LogP contribution in [0.1, 0.15) is 11.1 Å². The molecular weight excluding hydrogens is 455 g/mol. The quantitative estimate of drug-likeness (QED) is 0.524. The number of sulfonamides is 1. The highest BCUT2D eigenvalue weighted by molar-refractivity contribution is 7.93. The Morgan fingerprint density at radius 1 is 1.06 bits per heavy atom. The van der Waals surface area contributed by atoms with E-state index < -0.39 is 28.3 Å². The predicted molar refractivity (Wildman–Crippen MR) is 123 cm³/mol. The molecule has 3 rings (SSSR count). The number of carbonyl (C=O) groups is 1. The third kappa shape index (κ3) is 5.20. The lowest BCUT2D eigenvalue weighted by atomic mass is 10.2. The van der Waals surface area contributed by atoms with Crippen molar-refractivity contribution in [3.05, 3.63) is 82.6 Å². The summed E-state index contributed by atoms with van der Waals surface area (Å²) in [6.45, 7) is 3.02. The van der Waals surface area contributed by atoms with Gasteiger partial charge in [-0.15, -0.1) is 0 Å². The van der Waals surface area contributed by atoms with Crippen LogP contribution in [0.15, 0.2) is 65.6 Å². The minimum Gasteiger partial charge on any atom is -0.495 e. The lowest BCUT2D eigenvalue weighted by Gasteiger charge is -2.25. The Labute approximate surface area is 191 Å². The van der Waals surface area contributed by atoms with Crippen LogP contribution in [0.4, 0.5) is 15.8 Å². The van der Waals surface area contributed by atoms with Crippen molar-refractivity contribution in [2.75, 3.05) is 23.3 Å². The van der Waals surface area contributed by atoms with E-state index in [9.17, 15) is 17.6 Å². The molecule has 0 aromatic heterocycles. The Morgan fingerprint density at radius 3 is 2.38 bits per heavy atom. The van der Waals surface area contributed by atoms with Crippen LogP contribution >= 0.6 is 11.6 Å². The summed E-state index contributed by atoms with van der Waals surface area (Å²) < 4.78 is 46.8. The van der Waals surface area contributed by atoms with Crippen LogP contribution in [-0.2, 0) is 14.8 Å². The summed E-state index contributed by atoms with van der Waals surface area (Å²) in [6, 6.07) is 14.6. The Kier molecular flexibility index (Phi) is 7.06. The van der Waals surface area contributed by atoms with Gasteiger partial charge < -0.3 is 10.1 Å². The maximum absolute atomic E-state index is 13.6. The topological polar surface area (TPSA) is 75.7 Å². The lowest BCUT2D eigenvalue weighted by Crippen LogP contribution is -2.38. The molecule has 0 bridgehead atoms. The van der Waals surface area contributed by atoms with Crippen molar-refractivity contribution in [1.82, 2.24) is 0 Å². The van der Waals surface area contributed by atoms with E-state index in [1.807, 2.05) is 6.92 Å². The van der Waals surface area contributed by atoms with E-state index in [2.05, 4.69) is 5.32 Å². The second-order valence-corrected chi connectivity index (χ2v) is 9.39. The number of halogens is 2. The predicted octanol–water partition coefficient (Wildman–Crippen LogP) is 4.94. The van der Waals surface area contributed by atoms with E-state index >= 15 is 0 Å². The molecule has 0 aliphatic rings. The molecule has 3 aromatic rings. The number of aryl methyl sites for hydroxylation is 2. The number of benzene rings is 3. The van der Waals surface area contributed by atoms with Crippen molar-refractivity contribution in [1.29, 1.82) is 0 Å². The van der Waals surface area contributed by atoms with E-state index in [4.69, 9.17) is 16.3 Å². The van der Waals surface area contributed by atoms with Gasteiger partial charge >= 0.3 is 0 Å². The summed E-state index contributed by atoms with van der Waals surface area (Å²) in [5.74, 6) is -0.990. The molecule has 0 saturated heterocycles. The molecule has 168 valence electrons. The fraction of sp³-hybridized carbons (Fsp3) is 0.174. The Morgan fingerprint density at radius 2 is 1.75 bits per heavy atom. The number of rotatable bonds is 7. The maximum Gasteiger partial charge on any atom is 0.268 e. The number of hydrogen-bond acceptors (Lipinski definition) is 4. The van der Waals surface area contributed by atoms with Crippen molar-refractivity contribution < 1.29 is 22.3 Å². The standard InChI is InChI=1S/C23H22ClFN2O4S/c1-15-4-11-21(31-3)22(12-15)32(29,30)27(19-9-6-17(25)7-10-19)14-23(28)26-18-8-5-16(2)20(24)13-18/h4-13H,14H2,1-3H3,(H,26,28). The maximum atomic E-state index is 13.6. The van der Waals surface area contributed by atoms with Gasteiger partial charge in [-0.3, -0.25) is 9.10 Å². The summed E-state index contributed by atoms with van der Waals surface area (Å²) in [5, 5.41) is 3.12. The Balaban J connectivity index is 2.00. The second-order valence-electron chi connectivity index (χ2n) is 7.15. The molecule has 0 spiro atoms. The molecule has 6 nitrogen and oxygen atoms in total. The van der Waals surface area contributed by atoms with E-state index in [1.165, 1.54) is 25.3 Å². The van der Waals surface area contributed by atoms with Gasteiger partial charge in [-0.2, -0.15) is 0 Å². The molecule has 0 aliphatic carbocycles. The fourth-order valence-electron chi connectivity index (χ4n) is 3.03. The summed E-state index contributed by atoms with van der Waals surface area (Å²) in [6.07, 6.45) is 0. The summed E-state index contributed by atoms with van der Waals surface area (Å²) in [7, 11) is -2.87. The first-order valence-electron chi connectivity index (χ1n) is 9.61. The molecule has 0 fully saturated rings. The number of nitrogens with zero attached hydrogens (tertiary/aromatic N) is 1. The van der Waals surface area contributed by atoms with Gasteiger partial charge in [0.1, 0.15) is 23.0 Å². The van der Waals surface area contributed by atoms with Gasteiger partial charge in [0.05, 0.1) is 12.8 Å². The number of ether oxygens (including phenoxy) is 1. The van der Waals surface area contributed by atoms with Crippen LogP contribution in [-0.4, -0.2) is 28.0 Å². The highest BCUT2D eigenvalue weighted by Gasteiger charge is 2.30. The van der Waals surface area contributed by atoms with Gasteiger partial charge in [0.2, 0.25) is 5.91 Å². The SMILES string of the molecule is COc1ccc(C)cc1S(=O)(=O)N(CC(=O)Nc1ccc(C)c(Cl)c1)c1ccc(F)cc1. The average molecular weight is 477 g/mol. The van der Waals surface area contributed by atoms with E-state index in [0.717, 1.165) is 22.0 Å². The van der Waals surface area contributed by atoms with Crippen molar-refractivity contribution in [2.24, 2.45) is 0 Å². The van der Waals surface area contributed by atoms with Crippen LogP contribution in [0.5, 0.6) is 5.75 Å². The van der Waals surface area contributed by atoms with Crippen LogP contribution in [0, 0.1) is 19.7 Å². The van der Waals surface area contributed by atoms with Crippen LogP contribution < -0.4 is 14.4 Å². The van der Waals surface area contributed by atoms with Gasteiger partial charge in [-0.25, -0.2) is 12.8 Å². The minimum absolute atomic E-state index is 0.101. The number of hydrogen-bond donors (Lipinski definition) is 1. The first-order valence-corrected chi connectivity index (χ1v) is 11.4. The molecule has 0 heterocycles. The fourth-order valence-corrected chi connectivity index (χ4v) is 4.87. The molecule has 0 radical (unpaired) electrons. The van der Waals surface area contributed by atoms with Crippen LogP contribution in [0.25, 0.3) is 0 Å². The van der Waals surface area contributed by atoms with Gasteiger partial charge in [0.15, 0.2) is 0 Å². The zero-order chi connectivity index (χ0) is 23.5. The first kappa shape index (κ1) is 23.6. The highest BCUT2D eigenvalue weighted by atomic mass is 35.5. The zero-order valence-electron chi connectivity index (χ0n) is 17.7. The van der Waals surface area contributed by atoms with Gasteiger partial charge in [-0.05, 0) is 73.5 Å². The van der Waals surface area contributed by atoms with Crippen molar-refractivity contribution in [3.8, 4) is 5.75 Å². The monoisotopic (exact) mass is 476 g/mol. The number of amides is 1. The Bertz CT molecular complexity index is 1250. The summed E-state index contributed by atoms with van der Waals surface area (Å²) in [4.78, 5) is 12.7. The van der Waals surface area contributed by atoms with Gasteiger partial charge in [-0.1, -0.05) is 23.7 Å². The molecule has 1 amide bonds. The van der Waals surface area contributed by atoms with Gasteiger partial charge in [0.25, 0.3) is 10.0 Å². The summed E-state index contributed by atoms with van der Waals surface area (Å²) >= 11 is 6.11. The number of anilines is 2. The zero-order valence-corrected chi connectivity index (χ0v) is 19.3. The highest BCUT2D eigenvalue weighted by Crippen LogP contribution is 2.31. The largest absolute Gasteiger partial charge is 0.495 e. The normalized spacial score (nSPS) is 11.2. The second kappa shape index (κ2) is 9.58. The third-order valence-corrected chi connectivity index (χ3v) is 6.95. The minimum atomic E-state index is -4.24. The van der Waals surface area contributed by atoms with Crippen molar-refractivity contribution >= 4 is 38.9 Å². The third-order valence-electron chi connectivity index (χ3n) is 4.74. The van der Waals surface area contributed by atoms with E-state index in [1.54, 1.807) is 37.3 Å². The van der Waals surface area contributed by atoms with Gasteiger partial charge in [0, 0.05) is 10.7 Å². The average Bonchev–Trinajstić information content (AvgIpc) is 2.75. The molecule has 0 aliphatic heterocycles. The smallest absolute Gasteiger partial charge is 0.268 e. The summed E-state index contributed by atoms with van der Waals surface area (Å²) in [5.41, 5.74) is 2.09. The molecule has 0 atom stereocenters. The number of nitrogens with one attached hydrogen (secondary N) is 1. The van der Waals surface area contributed by atoms with Crippen LogP contribution in [0.2, 0.25) is 5.02 Å². The molecule has 0 unspecified atom stereocenters. The first-order chi connectivity index (χ1) is 15.1. The van der Waals surface area contributed by atoms with Crippen LogP contribution in [0.3, 0.4) is 0 Å². The molecule has 1 N–H and O–H groups in total. The molecule has 0 saturated carbocycles. The lowest BCUT2D eigenvalue weighted by molar-refractivity contribution is -0.114. The molecular formula is C23H22ClFN2O4S. The van der Waals surface area contributed by atoms with Crippen molar-refractivity contribution in [2.45, 2.75) is 18.7 Å². The Hall–Kier alpha value is -3.10. The van der Waals surface area contributed by atoms with E-state index in [0.29, 0.717) is 16.3 Å².